The zero-order valence-corrected chi connectivity index (χ0v) is 11.5. The van der Waals surface area contributed by atoms with Gasteiger partial charge in [0.1, 0.15) is 0 Å². The maximum absolute atomic E-state index is 11.8. The molecule has 0 radical (unpaired) electrons. The molecular formula is C12H18N2O3S. The van der Waals surface area contributed by atoms with Crippen LogP contribution in [0, 0.1) is 0 Å². The van der Waals surface area contributed by atoms with Crippen LogP contribution in [0.3, 0.4) is 0 Å². The Balaban J connectivity index is 3.15. The van der Waals surface area contributed by atoms with Crippen LogP contribution in [0.25, 0.3) is 0 Å². The Morgan fingerprint density at radius 1 is 1.22 bits per heavy atom. The van der Waals surface area contributed by atoms with Gasteiger partial charge in [-0.1, -0.05) is 18.2 Å². The van der Waals surface area contributed by atoms with Crippen LogP contribution in [0.15, 0.2) is 24.3 Å². The van der Waals surface area contributed by atoms with Gasteiger partial charge in [0.25, 0.3) is 0 Å². The molecule has 6 heteroatoms. The average molecular weight is 270 g/mol. The quantitative estimate of drug-likeness (QED) is 0.848. The Hall–Kier alpha value is -1.56. The van der Waals surface area contributed by atoms with E-state index in [1.54, 1.807) is 45.0 Å². The van der Waals surface area contributed by atoms with Crippen LogP contribution in [0.4, 0.5) is 5.69 Å². The fourth-order valence-corrected chi connectivity index (χ4v) is 2.12. The number of benzene rings is 1. The highest BCUT2D eigenvalue weighted by atomic mass is 32.2. The van der Waals surface area contributed by atoms with E-state index in [1.165, 1.54) is 0 Å². The number of sulfonamides is 1. The van der Waals surface area contributed by atoms with Gasteiger partial charge in [-0.05, 0) is 32.4 Å². The minimum atomic E-state index is -3.44. The highest BCUT2D eigenvalue weighted by molar-refractivity contribution is 7.93. The smallest absolute Gasteiger partial charge is 0.235 e. The third kappa shape index (κ3) is 3.22. The Morgan fingerprint density at radius 3 is 2.28 bits per heavy atom. The maximum atomic E-state index is 11.8. The van der Waals surface area contributed by atoms with Crippen LogP contribution in [0.2, 0.25) is 0 Å². The van der Waals surface area contributed by atoms with Gasteiger partial charge in [0.2, 0.25) is 15.9 Å². The Labute approximate surface area is 107 Å². The molecule has 0 saturated heterocycles. The maximum Gasteiger partial charge on any atom is 0.235 e. The summed E-state index contributed by atoms with van der Waals surface area (Å²) < 4.78 is 26.1. The topological polar surface area (TPSA) is 89.3 Å². The van der Waals surface area contributed by atoms with Crippen LogP contribution in [-0.4, -0.2) is 19.6 Å². The molecule has 1 rings (SSSR count). The SMILES string of the molecule is CC(C(N)=O)c1ccccc1NS(=O)(=O)C(C)C. The summed E-state index contributed by atoms with van der Waals surface area (Å²) in [5, 5.41) is -0.547. The van der Waals surface area contributed by atoms with Crippen molar-refractivity contribution in [3.8, 4) is 0 Å². The zero-order chi connectivity index (χ0) is 13.9. The Bertz CT molecular complexity index is 538. The highest BCUT2D eigenvalue weighted by Crippen LogP contribution is 2.25. The van der Waals surface area contributed by atoms with Crippen molar-refractivity contribution in [1.82, 2.24) is 0 Å². The van der Waals surface area contributed by atoms with E-state index in [1.807, 2.05) is 0 Å². The molecule has 3 N–H and O–H groups in total. The van der Waals surface area contributed by atoms with Crippen molar-refractivity contribution in [2.45, 2.75) is 31.9 Å². The van der Waals surface area contributed by atoms with E-state index in [9.17, 15) is 13.2 Å². The number of rotatable bonds is 5. The molecule has 0 heterocycles. The summed E-state index contributed by atoms with van der Waals surface area (Å²) in [6, 6.07) is 6.75. The van der Waals surface area contributed by atoms with E-state index in [0.29, 0.717) is 11.3 Å². The number of para-hydroxylation sites is 1. The number of primary amides is 1. The molecule has 0 bridgehead atoms. The molecule has 1 aromatic carbocycles. The van der Waals surface area contributed by atoms with Gasteiger partial charge in [0, 0.05) is 0 Å². The molecule has 0 aliphatic carbocycles. The lowest BCUT2D eigenvalue weighted by Crippen LogP contribution is -2.25. The number of anilines is 1. The van der Waals surface area contributed by atoms with Crippen LogP contribution in [-0.2, 0) is 14.8 Å². The highest BCUT2D eigenvalue weighted by Gasteiger charge is 2.20. The summed E-state index contributed by atoms with van der Waals surface area (Å²) in [7, 11) is -3.44. The van der Waals surface area contributed by atoms with Gasteiger partial charge >= 0.3 is 0 Å². The normalized spacial score (nSPS) is 13.3. The first-order valence-electron chi connectivity index (χ1n) is 5.65. The molecule has 1 atom stereocenters. The van der Waals surface area contributed by atoms with Crippen molar-refractivity contribution in [1.29, 1.82) is 0 Å². The Kier molecular flexibility index (Phi) is 4.34. The average Bonchev–Trinajstić information content (AvgIpc) is 2.28. The predicted octanol–water partition coefficient (Wildman–Crippen LogP) is 1.43. The molecule has 5 nitrogen and oxygen atoms in total. The van der Waals surface area contributed by atoms with Gasteiger partial charge in [0.15, 0.2) is 0 Å². The zero-order valence-electron chi connectivity index (χ0n) is 10.7. The summed E-state index contributed by atoms with van der Waals surface area (Å²) in [4.78, 5) is 11.2. The molecular weight excluding hydrogens is 252 g/mol. The minimum Gasteiger partial charge on any atom is -0.369 e. The second-order valence-electron chi connectivity index (χ2n) is 4.41. The van der Waals surface area contributed by atoms with Crippen molar-refractivity contribution in [2.24, 2.45) is 5.73 Å². The number of carbonyl (C=O) groups is 1. The molecule has 0 saturated carbocycles. The summed E-state index contributed by atoms with van der Waals surface area (Å²) >= 11 is 0. The molecule has 1 aromatic rings. The van der Waals surface area contributed by atoms with Crippen molar-refractivity contribution in [3.05, 3.63) is 29.8 Å². The lowest BCUT2D eigenvalue weighted by molar-refractivity contribution is -0.119. The van der Waals surface area contributed by atoms with Gasteiger partial charge in [-0.3, -0.25) is 9.52 Å². The molecule has 100 valence electrons. The molecule has 0 aliphatic rings. The third-order valence-electron chi connectivity index (χ3n) is 2.73. The second-order valence-corrected chi connectivity index (χ2v) is 6.64. The third-order valence-corrected chi connectivity index (χ3v) is 4.47. The van der Waals surface area contributed by atoms with Gasteiger partial charge in [0.05, 0.1) is 16.9 Å². The molecule has 1 unspecified atom stereocenters. The van der Waals surface area contributed by atoms with Crippen molar-refractivity contribution in [3.63, 3.8) is 0 Å². The first-order valence-corrected chi connectivity index (χ1v) is 7.20. The summed E-state index contributed by atoms with van der Waals surface area (Å²) in [6.07, 6.45) is 0. The standard InChI is InChI=1S/C12H18N2O3S/c1-8(2)18(16,17)14-11-7-5-4-6-10(11)9(3)12(13)15/h4-9,14H,1-3H3,(H2,13,15). The van der Waals surface area contributed by atoms with Crippen LogP contribution >= 0.6 is 0 Å². The molecule has 1 amide bonds. The molecule has 0 aliphatic heterocycles. The first-order chi connectivity index (χ1) is 8.25. The lowest BCUT2D eigenvalue weighted by Gasteiger charge is -2.16. The number of carbonyl (C=O) groups excluding carboxylic acids is 1. The summed E-state index contributed by atoms with van der Waals surface area (Å²) in [5.41, 5.74) is 6.22. The van der Waals surface area contributed by atoms with Gasteiger partial charge in [-0.15, -0.1) is 0 Å². The number of nitrogens with two attached hydrogens (primary N) is 1. The molecule has 0 aromatic heterocycles. The lowest BCUT2D eigenvalue weighted by atomic mass is 9.99. The van der Waals surface area contributed by atoms with Crippen LogP contribution in [0.1, 0.15) is 32.3 Å². The monoisotopic (exact) mass is 270 g/mol. The molecule has 0 spiro atoms. The van der Waals surface area contributed by atoms with Crippen molar-refractivity contribution in [2.75, 3.05) is 4.72 Å². The van der Waals surface area contributed by atoms with E-state index < -0.39 is 27.1 Å². The molecule has 0 fully saturated rings. The number of nitrogens with one attached hydrogen (secondary N) is 1. The predicted molar refractivity (Wildman–Crippen MR) is 71.7 cm³/mol. The van der Waals surface area contributed by atoms with E-state index in [4.69, 9.17) is 5.73 Å². The van der Waals surface area contributed by atoms with Crippen LogP contribution < -0.4 is 10.5 Å². The van der Waals surface area contributed by atoms with Gasteiger partial charge < -0.3 is 5.73 Å². The van der Waals surface area contributed by atoms with Gasteiger partial charge in [-0.2, -0.15) is 0 Å². The van der Waals surface area contributed by atoms with Crippen LogP contribution in [0.5, 0.6) is 0 Å². The number of amides is 1. The summed E-state index contributed by atoms with van der Waals surface area (Å²) in [5.74, 6) is -1.04. The fourth-order valence-electron chi connectivity index (χ4n) is 1.39. The largest absolute Gasteiger partial charge is 0.369 e. The van der Waals surface area contributed by atoms with Crippen molar-refractivity contribution < 1.29 is 13.2 Å². The second kappa shape index (κ2) is 5.39. The van der Waals surface area contributed by atoms with E-state index in [0.717, 1.165) is 0 Å². The van der Waals surface area contributed by atoms with E-state index in [-0.39, 0.29) is 0 Å². The minimum absolute atomic E-state index is 0.400. The van der Waals surface area contributed by atoms with E-state index in [2.05, 4.69) is 4.72 Å². The van der Waals surface area contributed by atoms with Crippen molar-refractivity contribution >= 4 is 21.6 Å². The Morgan fingerprint density at radius 2 is 1.78 bits per heavy atom. The molecule has 18 heavy (non-hydrogen) atoms. The fraction of sp³-hybridized carbons (Fsp3) is 0.417. The number of hydrogen-bond donors (Lipinski definition) is 2. The first kappa shape index (κ1) is 14.5. The van der Waals surface area contributed by atoms with E-state index >= 15 is 0 Å². The number of hydrogen-bond acceptors (Lipinski definition) is 3. The summed E-state index contributed by atoms with van der Waals surface area (Å²) in [6.45, 7) is 4.82. The van der Waals surface area contributed by atoms with Gasteiger partial charge in [-0.25, -0.2) is 8.42 Å².